The number of aliphatic hydroxyl groups excluding tert-OH is 1. The minimum absolute atomic E-state index is 0.140. The monoisotopic (exact) mass is 375 g/mol. The minimum Gasteiger partial charge on any atom is -0.393 e. The van der Waals surface area contributed by atoms with Crippen molar-refractivity contribution in [2.45, 2.75) is 84.0 Å². The van der Waals surface area contributed by atoms with E-state index in [4.69, 9.17) is 4.74 Å². The van der Waals surface area contributed by atoms with Crippen LogP contribution >= 0.6 is 0 Å². The molecule has 3 heteroatoms. The number of rotatable bonds is 3. The van der Waals surface area contributed by atoms with Crippen LogP contribution in [0.15, 0.2) is 11.6 Å². The molecule has 1 N–H and O–H groups in total. The summed E-state index contributed by atoms with van der Waals surface area (Å²) >= 11 is 0. The molecule has 0 radical (unpaired) electrons. The van der Waals surface area contributed by atoms with Crippen molar-refractivity contribution in [3.05, 3.63) is 11.6 Å². The van der Waals surface area contributed by atoms with Crippen LogP contribution in [-0.2, 0) is 4.74 Å². The van der Waals surface area contributed by atoms with Gasteiger partial charge in [-0.1, -0.05) is 25.5 Å². The lowest BCUT2D eigenvalue weighted by molar-refractivity contribution is -0.0660. The first-order chi connectivity index (χ1) is 12.7. The van der Waals surface area contributed by atoms with Crippen molar-refractivity contribution in [1.29, 1.82) is 0 Å². The van der Waals surface area contributed by atoms with Crippen LogP contribution in [0.4, 0.5) is 0 Å². The number of hydrogen-bond acceptors (Lipinski definition) is 3. The number of aliphatic hydroxyl groups is 1. The molecular weight excluding hydrogens is 334 g/mol. The van der Waals surface area contributed by atoms with Crippen molar-refractivity contribution in [2.24, 2.45) is 34.5 Å². The highest BCUT2D eigenvalue weighted by molar-refractivity contribution is 5.26. The first-order valence-corrected chi connectivity index (χ1v) is 11.3. The largest absolute Gasteiger partial charge is 0.393 e. The Morgan fingerprint density at radius 3 is 2.59 bits per heavy atom. The van der Waals surface area contributed by atoms with Gasteiger partial charge in [0.15, 0.2) is 0 Å². The summed E-state index contributed by atoms with van der Waals surface area (Å²) in [5, 5.41) is 11.1. The number of ether oxygens (including phenoxy) is 1. The number of nitrogens with zero attached hydrogens (tertiary/aromatic N) is 1. The first kappa shape index (κ1) is 19.9. The molecule has 0 aromatic rings. The molecule has 4 aliphatic rings. The zero-order valence-electron chi connectivity index (χ0n) is 18.4. The van der Waals surface area contributed by atoms with Crippen LogP contribution in [0, 0.1) is 34.5 Å². The second-order valence-electron chi connectivity index (χ2n) is 10.9. The van der Waals surface area contributed by atoms with Gasteiger partial charge in [0.1, 0.15) is 0 Å². The first-order valence-electron chi connectivity index (χ1n) is 11.3. The number of methoxy groups -OCH3 is 1. The maximum absolute atomic E-state index is 11.1. The van der Waals surface area contributed by atoms with E-state index in [9.17, 15) is 5.11 Å². The SMILES string of the molecule is COC1CCC2(C)C(=CCC3C2CCC2(C)C3CC(O)C2C(C)N(C)C)C1. The third kappa shape index (κ3) is 2.87. The maximum atomic E-state index is 11.1. The van der Waals surface area contributed by atoms with Crippen LogP contribution in [0.5, 0.6) is 0 Å². The quantitative estimate of drug-likeness (QED) is 0.737. The Morgan fingerprint density at radius 1 is 1.19 bits per heavy atom. The summed E-state index contributed by atoms with van der Waals surface area (Å²) in [6.45, 7) is 7.38. The van der Waals surface area contributed by atoms with Crippen LogP contribution in [-0.4, -0.2) is 49.5 Å². The molecule has 0 bridgehead atoms. The highest BCUT2D eigenvalue weighted by atomic mass is 16.5. The Labute approximate surface area is 166 Å². The smallest absolute Gasteiger partial charge is 0.0608 e. The summed E-state index contributed by atoms with van der Waals surface area (Å²) in [7, 11) is 6.22. The van der Waals surface area contributed by atoms with Gasteiger partial charge in [0.2, 0.25) is 0 Å². The summed E-state index contributed by atoms with van der Waals surface area (Å²) in [6, 6.07) is 0.439. The molecule has 9 unspecified atom stereocenters. The Morgan fingerprint density at radius 2 is 1.93 bits per heavy atom. The Hall–Kier alpha value is -0.380. The van der Waals surface area contributed by atoms with E-state index in [0.717, 1.165) is 24.7 Å². The highest BCUT2D eigenvalue weighted by Crippen LogP contribution is 2.66. The zero-order valence-corrected chi connectivity index (χ0v) is 18.4. The lowest BCUT2D eigenvalue weighted by atomic mass is 9.47. The van der Waals surface area contributed by atoms with E-state index in [1.54, 1.807) is 5.57 Å². The third-order valence-corrected chi connectivity index (χ3v) is 9.84. The fraction of sp³-hybridized carbons (Fsp3) is 0.917. The van der Waals surface area contributed by atoms with E-state index >= 15 is 0 Å². The Bertz CT molecular complexity index is 601. The number of hydrogen-bond donors (Lipinski definition) is 1. The van der Waals surface area contributed by atoms with Crippen molar-refractivity contribution in [3.8, 4) is 0 Å². The summed E-state index contributed by atoms with van der Waals surface area (Å²) in [4.78, 5) is 2.32. The predicted molar refractivity (Wildman–Crippen MR) is 111 cm³/mol. The molecule has 3 fully saturated rings. The molecule has 27 heavy (non-hydrogen) atoms. The van der Waals surface area contributed by atoms with Crippen molar-refractivity contribution >= 4 is 0 Å². The van der Waals surface area contributed by atoms with Crippen molar-refractivity contribution in [1.82, 2.24) is 4.90 Å². The zero-order chi connectivity index (χ0) is 19.6. The summed E-state index contributed by atoms with van der Waals surface area (Å²) < 4.78 is 5.70. The standard InChI is InChI=1S/C24H41NO2/c1-15(25(4)5)22-21(26)14-20-18-8-7-16-13-17(27-6)9-11-23(16,2)19(18)10-12-24(20,22)3/h7,15,17-22,26H,8-14H2,1-6H3. The molecule has 154 valence electrons. The molecule has 9 atom stereocenters. The van der Waals surface area contributed by atoms with Gasteiger partial charge in [0.05, 0.1) is 12.2 Å². The van der Waals surface area contributed by atoms with Gasteiger partial charge in [-0.25, -0.2) is 0 Å². The predicted octanol–water partition coefficient (Wildman–Crippen LogP) is 4.50. The maximum Gasteiger partial charge on any atom is 0.0608 e. The molecule has 0 aromatic carbocycles. The lowest BCUT2D eigenvalue weighted by Crippen LogP contribution is -2.52. The number of fused-ring (bicyclic) bond motifs is 5. The normalized spacial score (nSPS) is 50.6. The van der Waals surface area contributed by atoms with Gasteiger partial charge in [-0.2, -0.15) is 0 Å². The van der Waals surface area contributed by atoms with Crippen molar-refractivity contribution in [3.63, 3.8) is 0 Å². The second kappa shape index (κ2) is 6.85. The van der Waals surface area contributed by atoms with Gasteiger partial charge in [0, 0.05) is 19.1 Å². The molecule has 0 aliphatic heterocycles. The average molecular weight is 376 g/mol. The van der Waals surface area contributed by atoms with Crippen LogP contribution in [0.2, 0.25) is 0 Å². The van der Waals surface area contributed by atoms with Crippen molar-refractivity contribution in [2.75, 3.05) is 21.2 Å². The van der Waals surface area contributed by atoms with Crippen LogP contribution in [0.3, 0.4) is 0 Å². The molecule has 0 aromatic heterocycles. The Kier molecular flexibility index (Phi) is 5.05. The fourth-order valence-corrected chi connectivity index (χ4v) is 8.07. The molecule has 0 spiro atoms. The molecule has 3 nitrogen and oxygen atoms in total. The molecule has 4 rings (SSSR count). The van der Waals surface area contributed by atoms with E-state index in [1.165, 1.54) is 32.1 Å². The molecule has 0 heterocycles. The average Bonchev–Trinajstić information content (AvgIpc) is 2.90. The van der Waals surface area contributed by atoms with E-state index < -0.39 is 0 Å². The van der Waals surface area contributed by atoms with Crippen LogP contribution < -0.4 is 0 Å². The molecule has 4 aliphatic carbocycles. The van der Waals surface area contributed by atoms with E-state index in [2.05, 4.69) is 45.8 Å². The van der Waals surface area contributed by atoms with Gasteiger partial charge in [-0.15, -0.1) is 0 Å². The van der Waals surface area contributed by atoms with Gasteiger partial charge in [-0.05, 0) is 94.5 Å². The third-order valence-electron chi connectivity index (χ3n) is 9.84. The molecular formula is C24H41NO2. The van der Waals surface area contributed by atoms with Crippen LogP contribution in [0.25, 0.3) is 0 Å². The minimum atomic E-state index is -0.140. The molecule has 3 saturated carbocycles. The summed E-state index contributed by atoms with van der Waals surface area (Å²) in [6.07, 6.45) is 11.4. The van der Waals surface area contributed by atoms with Gasteiger partial charge < -0.3 is 14.7 Å². The van der Waals surface area contributed by atoms with Crippen LogP contribution in [0.1, 0.15) is 65.7 Å². The van der Waals surface area contributed by atoms with E-state index in [-0.39, 0.29) is 11.5 Å². The second-order valence-corrected chi connectivity index (χ2v) is 10.9. The fourth-order valence-electron chi connectivity index (χ4n) is 8.07. The Balaban J connectivity index is 1.63. The topological polar surface area (TPSA) is 32.7 Å². The molecule has 0 saturated heterocycles. The molecule has 0 amide bonds. The summed E-state index contributed by atoms with van der Waals surface area (Å²) in [5.74, 6) is 2.63. The van der Waals surface area contributed by atoms with Gasteiger partial charge in [-0.3, -0.25) is 0 Å². The van der Waals surface area contributed by atoms with Gasteiger partial charge >= 0.3 is 0 Å². The van der Waals surface area contributed by atoms with Gasteiger partial charge in [0.25, 0.3) is 0 Å². The van der Waals surface area contributed by atoms with Crippen molar-refractivity contribution < 1.29 is 9.84 Å². The summed E-state index contributed by atoms with van der Waals surface area (Å²) in [5.41, 5.74) is 2.34. The highest BCUT2D eigenvalue weighted by Gasteiger charge is 2.61. The van der Waals surface area contributed by atoms with E-state index in [0.29, 0.717) is 29.4 Å². The number of allylic oxidation sites excluding steroid dienone is 1. The lowest BCUT2D eigenvalue weighted by Gasteiger charge is -2.58. The van der Waals surface area contributed by atoms with E-state index in [1.807, 2.05) is 7.11 Å².